The first-order valence-corrected chi connectivity index (χ1v) is 7.86. The Labute approximate surface area is 150 Å². The highest BCUT2D eigenvalue weighted by Gasteiger charge is 2.13. The molecule has 0 bridgehead atoms. The van der Waals surface area contributed by atoms with Gasteiger partial charge in [0, 0.05) is 10.6 Å². The Kier molecular flexibility index (Phi) is 6.33. The molecule has 4 nitrogen and oxygen atoms in total. The summed E-state index contributed by atoms with van der Waals surface area (Å²) in [4.78, 5) is 0.239. The van der Waals surface area contributed by atoms with Crippen molar-refractivity contribution in [3.05, 3.63) is 52.0 Å². The molecule has 0 unspecified atom stereocenters. The second kappa shape index (κ2) is 8.24. The van der Waals surface area contributed by atoms with E-state index in [9.17, 15) is 0 Å². The summed E-state index contributed by atoms with van der Waals surface area (Å²) in [6, 6.07) is 10.4. The zero-order valence-corrected chi connectivity index (χ0v) is 14.7. The molecule has 0 atom stereocenters. The molecule has 0 heterocycles. The van der Waals surface area contributed by atoms with Gasteiger partial charge in [0.2, 0.25) is 0 Å². The quantitative estimate of drug-likeness (QED) is 0.586. The Balaban J connectivity index is 1.97. The van der Waals surface area contributed by atoms with Gasteiger partial charge in [-0.25, -0.2) is 0 Å². The maximum absolute atomic E-state index is 6.20. The molecule has 0 amide bonds. The Morgan fingerprint density at radius 1 is 1.09 bits per heavy atom. The number of halogens is 2. The third kappa shape index (κ3) is 4.89. The maximum Gasteiger partial charge on any atom is 0.179 e. The van der Waals surface area contributed by atoms with E-state index in [0.717, 1.165) is 0 Å². The van der Waals surface area contributed by atoms with Crippen LogP contribution in [0.25, 0.3) is 0 Å². The van der Waals surface area contributed by atoms with E-state index in [-0.39, 0.29) is 4.99 Å². The van der Waals surface area contributed by atoms with Gasteiger partial charge in [0.25, 0.3) is 0 Å². The molecule has 2 rings (SSSR count). The third-order valence-corrected chi connectivity index (χ3v) is 3.69. The number of methoxy groups -OCH3 is 1. The van der Waals surface area contributed by atoms with Crippen molar-refractivity contribution in [3.8, 4) is 17.2 Å². The Hall–Kier alpha value is -1.69. The first-order chi connectivity index (χ1) is 11.0. The van der Waals surface area contributed by atoms with Gasteiger partial charge in [-0.15, -0.1) is 0 Å². The number of ether oxygens (including phenoxy) is 3. The average Bonchev–Trinajstić information content (AvgIpc) is 2.53. The van der Waals surface area contributed by atoms with Crippen LogP contribution in [-0.2, 0) is 0 Å². The van der Waals surface area contributed by atoms with Crippen molar-refractivity contribution in [1.82, 2.24) is 0 Å². The van der Waals surface area contributed by atoms with Crippen LogP contribution in [-0.4, -0.2) is 25.3 Å². The van der Waals surface area contributed by atoms with Crippen molar-refractivity contribution in [2.45, 2.75) is 0 Å². The number of hydrogen-bond acceptors (Lipinski definition) is 4. The molecule has 2 aromatic rings. The van der Waals surface area contributed by atoms with E-state index in [0.29, 0.717) is 46.1 Å². The van der Waals surface area contributed by atoms with E-state index in [1.807, 2.05) is 0 Å². The van der Waals surface area contributed by atoms with Crippen LogP contribution in [0.5, 0.6) is 17.2 Å². The molecule has 122 valence electrons. The fourth-order valence-corrected chi connectivity index (χ4v) is 2.35. The summed E-state index contributed by atoms with van der Waals surface area (Å²) < 4.78 is 16.5. The van der Waals surface area contributed by atoms with Crippen LogP contribution in [0.1, 0.15) is 5.56 Å². The third-order valence-electron chi connectivity index (χ3n) is 2.93. The number of rotatable bonds is 7. The zero-order valence-electron chi connectivity index (χ0n) is 12.3. The van der Waals surface area contributed by atoms with Gasteiger partial charge in [-0.2, -0.15) is 0 Å². The highest BCUT2D eigenvalue weighted by Crippen LogP contribution is 2.36. The van der Waals surface area contributed by atoms with Crippen molar-refractivity contribution in [2.75, 3.05) is 20.3 Å². The topological polar surface area (TPSA) is 53.7 Å². The molecule has 7 heteroatoms. The monoisotopic (exact) mass is 371 g/mol. The summed E-state index contributed by atoms with van der Waals surface area (Å²) >= 11 is 16.9. The van der Waals surface area contributed by atoms with Gasteiger partial charge in [-0.1, -0.05) is 35.4 Å². The summed E-state index contributed by atoms with van der Waals surface area (Å²) in [5, 5.41) is 1.03. The van der Waals surface area contributed by atoms with Crippen LogP contribution in [0.4, 0.5) is 0 Å². The van der Waals surface area contributed by atoms with Crippen molar-refractivity contribution in [2.24, 2.45) is 5.73 Å². The molecule has 0 radical (unpaired) electrons. The van der Waals surface area contributed by atoms with E-state index < -0.39 is 0 Å². The minimum absolute atomic E-state index is 0.239. The van der Waals surface area contributed by atoms with E-state index in [1.165, 1.54) is 7.11 Å². The van der Waals surface area contributed by atoms with Crippen LogP contribution < -0.4 is 19.9 Å². The lowest BCUT2D eigenvalue weighted by atomic mass is 10.2. The molecule has 0 saturated carbocycles. The zero-order chi connectivity index (χ0) is 16.8. The summed E-state index contributed by atoms with van der Waals surface area (Å²) in [5.74, 6) is 1.60. The van der Waals surface area contributed by atoms with Crippen LogP contribution in [0.3, 0.4) is 0 Å². The normalized spacial score (nSPS) is 10.2. The predicted molar refractivity (Wildman–Crippen MR) is 96.3 cm³/mol. The van der Waals surface area contributed by atoms with E-state index in [4.69, 9.17) is 55.4 Å². The summed E-state index contributed by atoms with van der Waals surface area (Å²) in [7, 11) is 1.52. The van der Waals surface area contributed by atoms with Crippen LogP contribution in [0, 0.1) is 0 Å². The molecule has 2 aromatic carbocycles. The van der Waals surface area contributed by atoms with Crippen LogP contribution in [0.2, 0.25) is 10.0 Å². The van der Waals surface area contributed by atoms with E-state index in [2.05, 4.69) is 0 Å². The van der Waals surface area contributed by atoms with Crippen molar-refractivity contribution in [3.63, 3.8) is 0 Å². The standard InChI is InChI=1S/C16H15Cl2NO3S/c1-20-14-9-10(16(19)23)8-13(18)15(14)22-7-6-21-12-4-2-11(17)3-5-12/h2-5,8-9H,6-7H2,1H3,(H2,19,23). The van der Waals surface area contributed by atoms with Gasteiger partial charge in [0.1, 0.15) is 24.0 Å². The van der Waals surface area contributed by atoms with Crippen molar-refractivity contribution >= 4 is 40.4 Å². The first kappa shape index (κ1) is 17.7. The first-order valence-electron chi connectivity index (χ1n) is 6.69. The lowest BCUT2D eigenvalue weighted by Gasteiger charge is -2.14. The molecular weight excluding hydrogens is 357 g/mol. The number of hydrogen-bond donors (Lipinski definition) is 1. The smallest absolute Gasteiger partial charge is 0.179 e. The minimum Gasteiger partial charge on any atom is -0.493 e. The highest BCUT2D eigenvalue weighted by atomic mass is 35.5. The number of benzene rings is 2. The van der Waals surface area contributed by atoms with Gasteiger partial charge in [-0.3, -0.25) is 0 Å². The molecule has 2 N–H and O–H groups in total. The van der Waals surface area contributed by atoms with Gasteiger partial charge < -0.3 is 19.9 Å². The van der Waals surface area contributed by atoms with Gasteiger partial charge in [-0.05, 0) is 36.4 Å². The van der Waals surface area contributed by atoms with Gasteiger partial charge >= 0.3 is 0 Å². The Bertz CT molecular complexity index is 692. The largest absolute Gasteiger partial charge is 0.493 e. The molecule has 0 saturated heterocycles. The highest BCUT2D eigenvalue weighted by molar-refractivity contribution is 7.80. The minimum atomic E-state index is 0.239. The maximum atomic E-state index is 6.20. The van der Waals surface area contributed by atoms with Crippen LogP contribution >= 0.6 is 35.4 Å². The summed E-state index contributed by atoms with van der Waals surface area (Å²) in [6.07, 6.45) is 0. The summed E-state index contributed by atoms with van der Waals surface area (Å²) in [6.45, 7) is 0.642. The van der Waals surface area contributed by atoms with Gasteiger partial charge in [0.05, 0.1) is 12.1 Å². The SMILES string of the molecule is COc1cc(C(N)=S)cc(Cl)c1OCCOc1ccc(Cl)cc1. The number of nitrogens with two attached hydrogens (primary N) is 1. The van der Waals surface area contributed by atoms with Crippen molar-refractivity contribution in [1.29, 1.82) is 0 Å². The Morgan fingerprint density at radius 3 is 2.35 bits per heavy atom. The van der Waals surface area contributed by atoms with E-state index in [1.54, 1.807) is 36.4 Å². The second-order valence-electron chi connectivity index (χ2n) is 4.50. The summed E-state index contributed by atoms with van der Waals surface area (Å²) in [5.41, 5.74) is 6.22. The molecule has 0 aliphatic carbocycles. The molecule has 0 aliphatic heterocycles. The molecule has 0 aromatic heterocycles. The molecule has 23 heavy (non-hydrogen) atoms. The molecule has 0 spiro atoms. The van der Waals surface area contributed by atoms with Gasteiger partial charge in [0.15, 0.2) is 11.5 Å². The Morgan fingerprint density at radius 2 is 1.74 bits per heavy atom. The van der Waals surface area contributed by atoms with Crippen LogP contribution in [0.15, 0.2) is 36.4 Å². The second-order valence-corrected chi connectivity index (χ2v) is 5.79. The number of thiocarbonyl (C=S) groups is 1. The fourth-order valence-electron chi connectivity index (χ4n) is 1.84. The molecule has 0 aliphatic rings. The predicted octanol–water partition coefficient (Wildman–Crippen LogP) is 4.09. The molecular formula is C16H15Cl2NO3S. The lowest BCUT2D eigenvalue weighted by molar-refractivity contribution is 0.211. The average molecular weight is 372 g/mol. The fraction of sp³-hybridized carbons (Fsp3) is 0.188. The molecule has 0 fully saturated rings. The van der Waals surface area contributed by atoms with E-state index >= 15 is 0 Å². The van der Waals surface area contributed by atoms with Crippen molar-refractivity contribution < 1.29 is 14.2 Å². The lowest BCUT2D eigenvalue weighted by Crippen LogP contribution is -2.12.